The van der Waals surface area contributed by atoms with Crippen LogP contribution in [0.1, 0.15) is 29.0 Å². The number of H-pyrrole nitrogens is 1. The number of hydrogen-bond acceptors (Lipinski definition) is 5. The van der Waals surface area contributed by atoms with Crippen molar-refractivity contribution in [3.05, 3.63) is 43.6 Å². The van der Waals surface area contributed by atoms with Crippen LogP contribution < -0.4 is 5.56 Å². The maximum atomic E-state index is 12.8. The van der Waals surface area contributed by atoms with E-state index in [2.05, 4.69) is 10.1 Å². The molecular formula is C14H13N3O2S2. The lowest BCUT2D eigenvalue weighted by atomic mass is 9.97. The van der Waals surface area contributed by atoms with Gasteiger partial charge in [0.15, 0.2) is 4.77 Å². The molecule has 1 aliphatic rings. The number of aromatic nitrogens is 3. The second kappa shape index (κ2) is 4.92. The summed E-state index contributed by atoms with van der Waals surface area (Å²) in [6.45, 7) is 0.339. The first-order chi connectivity index (χ1) is 10.2. The standard InChI is InChI=1S/C14H13N3O2S2/c18-13-11-9-3-1-2-4-10(9)21-12(11)15-14(20)17(13)7-8-5-6-19-16-8/h5-6H,1-4,7H2,(H,15,20). The average molecular weight is 319 g/mol. The molecule has 0 unspecified atom stereocenters. The minimum Gasteiger partial charge on any atom is -0.364 e. The second-order valence-electron chi connectivity index (χ2n) is 5.23. The zero-order chi connectivity index (χ0) is 14.4. The minimum absolute atomic E-state index is 0.0175. The van der Waals surface area contributed by atoms with E-state index in [1.54, 1.807) is 22.0 Å². The van der Waals surface area contributed by atoms with Crippen molar-refractivity contribution >= 4 is 33.8 Å². The lowest BCUT2D eigenvalue weighted by Gasteiger charge is -2.10. The molecule has 0 aliphatic heterocycles. The molecule has 4 rings (SSSR count). The van der Waals surface area contributed by atoms with Crippen LogP contribution in [0.4, 0.5) is 0 Å². The maximum absolute atomic E-state index is 12.8. The van der Waals surface area contributed by atoms with Crippen molar-refractivity contribution in [2.75, 3.05) is 0 Å². The van der Waals surface area contributed by atoms with E-state index in [1.165, 1.54) is 23.1 Å². The first-order valence-corrected chi connectivity index (χ1v) is 8.13. The van der Waals surface area contributed by atoms with Crippen molar-refractivity contribution in [2.24, 2.45) is 0 Å². The van der Waals surface area contributed by atoms with Crippen LogP contribution in [0, 0.1) is 4.77 Å². The summed E-state index contributed by atoms with van der Waals surface area (Å²) >= 11 is 7.01. The molecule has 1 aliphatic carbocycles. The Bertz CT molecular complexity index is 918. The number of aryl methyl sites for hydroxylation is 2. The van der Waals surface area contributed by atoms with Crippen molar-refractivity contribution in [1.82, 2.24) is 14.7 Å². The molecule has 1 N–H and O–H groups in total. The Kier molecular flexibility index (Phi) is 3.04. The van der Waals surface area contributed by atoms with Gasteiger partial charge in [-0.1, -0.05) is 5.16 Å². The lowest BCUT2D eigenvalue weighted by molar-refractivity contribution is 0.409. The highest BCUT2D eigenvalue weighted by atomic mass is 32.1. The minimum atomic E-state index is -0.0175. The number of nitrogens with one attached hydrogen (secondary N) is 1. The highest BCUT2D eigenvalue weighted by Crippen LogP contribution is 2.33. The summed E-state index contributed by atoms with van der Waals surface area (Å²) in [5, 5.41) is 4.67. The van der Waals surface area contributed by atoms with Gasteiger partial charge in [0.05, 0.1) is 11.9 Å². The summed E-state index contributed by atoms with van der Waals surface area (Å²) < 4.78 is 6.83. The molecule has 0 saturated heterocycles. The molecule has 5 nitrogen and oxygen atoms in total. The Hall–Kier alpha value is -1.73. The van der Waals surface area contributed by atoms with E-state index in [-0.39, 0.29) is 5.56 Å². The van der Waals surface area contributed by atoms with Gasteiger partial charge < -0.3 is 9.51 Å². The summed E-state index contributed by atoms with van der Waals surface area (Å²) in [6, 6.07) is 1.74. The van der Waals surface area contributed by atoms with Crippen LogP contribution in [-0.2, 0) is 19.4 Å². The van der Waals surface area contributed by atoms with Gasteiger partial charge in [-0.15, -0.1) is 11.3 Å². The van der Waals surface area contributed by atoms with Crippen LogP contribution in [0.5, 0.6) is 0 Å². The monoisotopic (exact) mass is 319 g/mol. The highest BCUT2D eigenvalue weighted by molar-refractivity contribution is 7.71. The number of rotatable bonds is 2. The smallest absolute Gasteiger partial charge is 0.263 e. The number of nitrogens with zero attached hydrogens (tertiary/aromatic N) is 2. The molecular weight excluding hydrogens is 306 g/mol. The second-order valence-corrected chi connectivity index (χ2v) is 6.72. The largest absolute Gasteiger partial charge is 0.364 e. The average Bonchev–Trinajstić information content (AvgIpc) is 3.10. The van der Waals surface area contributed by atoms with Gasteiger partial charge in [-0.3, -0.25) is 9.36 Å². The summed E-state index contributed by atoms with van der Waals surface area (Å²) in [5.74, 6) is 0. The Balaban J connectivity index is 1.95. The molecule has 3 aromatic heterocycles. The van der Waals surface area contributed by atoms with Gasteiger partial charge in [0.25, 0.3) is 5.56 Å². The fourth-order valence-corrected chi connectivity index (χ4v) is 4.49. The van der Waals surface area contributed by atoms with Gasteiger partial charge in [0.2, 0.25) is 0 Å². The maximum Gasteiger partial charge on any atom is 0.263 e. The van der Waals surface area contributed by atoms with E-state index < -0.39 is 0 Å². The Morgan fingerprint density at radius 1 is 1.43 bits per heavy atom. The highest BCUT2D eigenvalue weighted by Gasteiger charge is 2.20. The summed E-state index contributed by atoms with van der Waals surface area (Å²) in [7, 11) is 0. The van der Waals surface area contributed by atoms with Crippen LogP contribution in [-0.4, -0.2) is 14.7 Å². The zero-order valence-corrected chi connectivity index (χ0v) is 12.9. The molecule has 0 saturated carbocycles. The number of hydrogen-bond donors (Lipinski definition) is 1. The van der Waals surface area contributed by atoms with E-state index in [1.807, 2.05) is 0 Å². The molecule has 3 aromatic rings. The van der Waals surface area contributed by atoms with Gasteiger partial charge in [-0.25, -0.2) is 0 Å². The van der Waals surface area contributed by atoms with Crippen LogP contribution in [0.25, 0.3) is 10.2 Å². The third-order valence-electron chi connectivity index (χ3n) is 3.91. The lowest BCUT2D eigenvalue weighted by Crippen LogP contribution is -2.23. The zero-order valence-electron chi connectivity index (χ0n) is 11.2. The number of fused-ring (bicyclic) bond motifs is 3. The quantitative estimate of drug-likeness (QED) is 0.737. The van der Waals surface area contributed by atoms with Crippen LogP contribution in [0.3, 0.4) is 0 Å². The van der Waals surface area contributed by atoms with Crippen molar-refractivity contribution in [3.63, 3.8) is 0 Å². The van der Waals surface area contributed by atoms with Gasteiger partial charge in [0.1, 0.15) is 16.8 Å². The predicted molar refractivity (Wildman–Crippen MR) is 83.5 cm³/mol. The molecule has 0 amide bonds. The summed E-state index contributed by atoms with van der Waals surface area (Å²) in [4.78, 5) is 18.3. The fraction of sp³-hybridized carbons (Fsp3) is 0.357. The normalized spacial score (nSPS) is 14.5. The molecule has 7 heteroatoms. The van der Waals surface area contributed by atoms with E-state index in [4.69, 9.17) is 16.7 Å². The third-order valence-corrected chi connectivity index (χ3v) is 5.44. The fourth-order valence-electron chi connectivity index (χ4n) is 2.90. The van der Waals surface area contributed by atoms with E-state index >= 15 is 0 Å². The summed E-state index contributed by atoms with van der Waals surface area (Å²) in [5.41, 5.74) is 1.89. The van der Waals surface area contributed by atoms with Crippen LogP contribution in [0.2, 0.25) is 0 Å². The van der Waals surface area contributed by atoms with Crippen LogP contribution >= 0.6 is 23.6 Å². The van der Waals surface area contributed by atoms with Gasteiger partial charge in [-0.05, 0) is 43.5 Å². The Morgan fingerprint density at radius 3 is 3.10 bits per heavy atom. The Labute approximate surface area is 129 Å². The molecule has 0 fully saturated rings. The predicted octanol–water partition coefficient (Wildman–Crippen LogP) is 3.04. The molecule has 21 heavy (non-hydrogen) atoms. The third kappa shape index (κ3) is 2.08. The van der Waals surface area contributed by atoms with E-state index in [9.17, 15) is 4.79 Å². The van der Waals surface area contributed by atoms with E-state index in [0.717, 1.165) is 29.5 Å². The Morgan fingerprint density at radius 2 is 2.29 bits per heavy atom. The molecule has 0 aromatic carbocycles. The van der Waals surface area contributed by atoms with Crippen LogP contribution in [0.15, 0.2) is 21.6 Å². The summed E-state index contributed by atoms with van der Waals surface area (Å²) in [6.07, 6.45) is 5.90. The molecule has 0 atom stereocenters. The van der Waals surface area contributed by atoms with E-state index in [0.29, 0.717) is 17.0 Å². The topological polar surface area (TPSA) is 63.8 Å². The van der Waals surface area contributed by atoms with Crippen molar-refractivity contribution in [3.8, 4) is 0 Å². The first kappa shape index (κ1) is 13.0. The molecule has 3 heterocycles. The van der Waals surface area contributed by atoms with Crippen molar-refractivity contribution in [2.45, 2.75) is 32.2 Å². The van der Waals surface area contributed by atoms with Gasteiger partial charge in [-0.2, -0.15) is 0 Å². The number of aromatic amines is 1. The molecule has 0 radical (unpaired) electrons. The first-order valence-electron chi connectivity index (χ1n) is 6.90. The SMILES string of the molecule is O=c1c2c3c(sc2[nH]c(=S)n1Cc1ccon1)CCCC3. The molecule has 0 spiro atoms. The van der Waals surface area contributed by atoms with Gasteiger partial charge in [0, 0.05) is 10.9 Å². The van der Waals surface area contributed by atoms with Gasteiger partial charge >= 0.3 is 0 Å². The number of thiophene rings is 1. The molecule has 108 valence electrons. The van der Waals surface area contributed by atoms with Crippen molar-refractivity contribution < 1.29 is 4.52 Å². The van der Waals surface area contributed by atoms with Crippen molar-refractivity contribution in [1.29, 1.82) is 0 Å². The molecule has 0 bridgehead atoms.